The number of benzene rings is 1. The largest absolute Gasteiger partial charge is 0.369 e. The number of halogens is 3. The summed E-state index contributed by atoms with van der Waals surface area (Å²) in [5, 5.41) is 4.66. The molecule has 0 radical (unpaired) electrons. The minimum absolute atomic E-state index is 0.388. The van der Waals surface area contributed by atoms with Gasteiger partial charge < -0.3 is 10.2 Å². The van der Waals surface area contributed by atoms with Crippen molar-refractivity contribution in [3.8, 4) is 0 Å². The van der Waals surface area contributed by atoms with E-state index in [-0.39, 0.29) is 0 Å². The van der Waals surface area contributed by atoms with Crippen molar-refractivity contribution in [1.82, 2.24) is 10.3 Å². The van der Waals surface area contributed by atoms with Crippen LogP contribution in [0.25, 0.3) is 0 Å². The van der Waals surface area contributed by atoms with Gasteiger partial charge in [0.25, 0.3) is 0 Å². The molecule has 2 aromatic rings. The Labute approximate surface area is 139 Å². The molecule has 3 rings (SSSR count). The van der Waals surface area contributed by atoms with E-state index in [1.165, 1.54) is 6.07 Å². The number of aromatic nitrogens is 1. The van der Waals surface area contributed by atoms with Gasteiger partial charge in [-0.3, -0.25) is 0 Å². The lowest BCUT2D eigenvalue weighted by atomic mass is 10.2. The van der Waals surface area contributed by atoms with Gasteiger partial charge in [-0.1, -0.05) is 29.3 Å². The standard InChI is InChI=1S/C16H16Cl2FN3/c17-14-3-1-11(7-15(14)18)8-20-12-5-6-22(10-12)13-2-4-16(19)21-9-13/h1-4,7,9,12,20H,5-6,8,10H2/t12-/m0/s1. The number of pyridine rings is 1. The minimum atomic E-state index is -0.447. The fourth-order valence-electron chi connectivity index (χ4n) is 2.63. The van der Waals surface area contributed by atoms with Crippen molar-refractivity contribution >= 4 is 28.9 Å². The van der Waals surface area contributed by atoms with Crippen LogP contribution in [0.5, 0.6) is 0 Å². The van der Waals surface area contributed by atoms with Gasteiger partial charge in [0.2, 0.25) is 5.95 Å². The van der Waals surface area contributed by atoms with Gasteiger partial charge in [-0.05, 0) is 36.2 Å². The molecule has 22 heavy (non-hydrogen) atoms. The smallest absolute Gasteiger partial charge is 0.212 e. The van der Waals surface area contributed by atoms with Crippen LogP contribution in [0.15, 0.2) is 36.5 Å². The Balaban J connectivity index is 1.54. The van der Waals surface area contributed by atoms with Gasteiger partial charge in [0.15, 0.2) is 0 Å². The Morgan fingerprint density at radius 2 is 2.09 bits per heavy atom. The highest BCUT2D eigenvalue weighted by molar-refractivity contribution is 6.42. The molecule has 1 aromatic carbocycles. The van der Waals surface area contributed by atoms with Crippen molar-refractivity contribution in [2.75, 3.05) is 18.0 Å². The van der Waals surface area contributed by atoms with Crippen molar-refractivity contribution in [1.29, 1.82) is 0 Å². The normalized spacial score (nSPS) is 18.0. The first-order valence-corrected chi connectivity index (χ1v) is 7.91. The van der Waals surface area contributed by atoms with Crippen LogP contribution in [0.3, 0.4) is 0 Å². The van der Waals surface area contributed by atoms with E-state index in [1.54, 1.807) is 12.3 Å². The molecule has 1 fully saturated rings. The molecular weight excluding hydrogens is 324 g/mol. The SMILES string of the molecule is Fc1ccc(N2CC[C@H](NCc3ccc(Cl)c(Cl)c3)C2)cn1. The summed E-state index contributed by atoms with van der Waals surface area (Å²) in [6, 6.07) is 9.21. The van der Waals surface area contributed by atoms with Crippen molar-refractivity contribution in [2.45, 2.75) is 19.0 Å². The Kier molecular flexibility index (Phi) is 4.81. The predicted octanol–water partition coefficient (Wildman–Crippen LogP) is 3.90. The molecule has 0 saturated carbocycles. The van der Waals surface area contributed by atoms with E-state index in [2.05, 4.69) is 15.2 Å². The summed E-state index contributed by atoms with van der Waals surface area (Å²) in [6.07, 6.45) is 2.62. The van der Waals surface area contributed by atoms with E-state index in [9.17, 15) is 4.39 Å². The molecule has 1 N–H and O–H groups in total. The average Bonchev–Trinajstić information content (AvgIpc) is 2.98. The molecule has 1 aromatic heterocycles. The van der Waals surface area contributed by atoms with E-state index in [1.807, 2.05) is 18.2 Å². The van der Waals surface area contributed by atoms with Crippen molar-refractivity contribution in [3.63, 3.8) is 0 Å². The molecule has 2 heterocycles. The predicted molar refractivity (Wildman–Crippen MR) is 88.1 cm³/mol. The highest BCUT2D eigenvalue weighted by Gasteiger charge is 2.22. The number of hydrogen-bond acceptors (Lipinski definition) is 3. The highest BCUT2D eigenvalue weighted by Crippen LogP contribution is 2.23. The second kappa shape index (κ2) is 6.82. The fraction of sp³-hybridized carbons (Fsp3) is 0.312. The van der Waals surface area contributed by atoms with Crippen LogP contribution in [0, 0.1) is 5.95 Å². The fourth-order valence-corrected chi connectivity index (χ4v) is 2.95. The molecule has 0 amide bonds. The summed E-state index contributed by atoms with van der Waals surface area (Å²) < 4.78 is 12.9. The Morgan fingerprint density at radius 1 is 1.23 bits per heavy atom. The molecule has 1 atom stereocenters. The van der Waals surface area contributed by atoms with Crippen LogP contribution in [-0.2, 0) is 6.54 Å². The lowest BCUT2D eigenvalue weighted by molar-refractivity contribution is 0.551. The van der Waals surface area contributed by atoms with Gasteiger partial charge >= 0.3 is 0 Å². The second-order valence-corrected chi connectivity index (χ2v) is 6.21. The van der Waals surface area contributed by atoms with Gasteiger partial charge in [-0.15, -0.1) is 0 Å². The van der Waals surface area contributed by atoms with Crippen LogP contribution < -0.4 is 10.2 Å². The van der Waals surface area contributed by atoms with Gasteiger partial charge in [-0.2, -0.15) is 4.39 Å². The number of rotatable bonds is 4. The Bertz CT molecular complexity index is 648. The number of nitrogens with zero attached hydrogens (tertiary/aromatic N) is 2. The maximum atomic E-state index is 12.9. The first-order chi connectivity index (χ1) is 10.6. The third kappa shape index (κ3) is 3.69. The molecule has 0 bridgehead atoms. The van der Waals surface area contributed by atoms with E-state index in [0.29, 0.717) is 16.1 Å². The van der Waals surface area contributed by atoms with Crippen molar-refractivity contribution in [2.24, 2.45) is 0 Å². The molecule has 1 aliphatic rings. The van der Waals surface area contributed by atoms with E-state index < -0.39 is 5.95 Å². The summed E-state index contributed by atoms with van der Waals surface area (Å²) in [4.78, 5) is 5.91. The zero-order chi connectivity index (χ0) is 15.5. The van der Waals surface area contributed by atoms with E-state index in [0.717, 1.165) is 37.3 Å². The monoisotopic (exact) mass is 339 g/mol. The van der Waals surface area contributed by atoms with E-state index in [4.69, 9.17) is 23.2 Å². The molecule has 0 aliphatic carbocycles. The van der Waals surface area contributed by atoms with Crippen LogP contribution >= 0.6 is 23.2 Å². The topological polar surface area (TPSA) is 28.2 Å². The Hall–Kier alpha value is -1.36. The number of anilines is 1. The van der Waals surface area contributed by atoms with Crippen molar-refractivity contribution < 1.29 is 4.39 Å². The lowest BCUT2D eigenvalue weighted by Gasteiger charge is -2.18. The van der Waals surface area contributed by atoms with Gasteiger partial charge in [0.05, 0.1) is 21.9 Å². The first-order valence-electron chi connectivity index (χ1n) is 7.15. The zero-order valence-corrected chi connectivity index (χ0v) is 13.4. The van der Waals surface area contributed by atoms with Crippen LogP contribution in [0.1, 0.15) is 12.0 Å². The van der Waals surface area contributed by atoms with Gasteiger partial charge in [0, 0.05) is 25.7 Å². The van der Waals surface area contributed by atoms with Gasteiger partial charge in [-0.25, -0.2) is 4.98 Å². The first kappa shape index (κ1) is 15.5. The summed E-state index contributed by atoms with van der Waals surface area (Å²) in [5.41, 5.74) is 2.07. The lowest BCUT2D eigenvalue weighted by Crippen LogP contribution is -2.32. The number of nitrogens with one attached hydrogen (secondary N) is 1. The molecule has 3 nitrogen and oxygen atoms in total. The summed E-state index contributed by atoms with van der Waals surface area (Å²) >= 11 is 11.9. The molecule has 0 unspecified atom stereocenters. The molecule has 0 spiro atoms. The maximum Gasteiger partial charge on any atom is 0.212 e. The molecular formula is C16H16Cl2FN3. The van der Waals surface area contributed by atoms with Crippen molar-refractivity contribution in [3.05, 3.63) is 58.1 Å². The maximum absolute atomic E-state index is 12.9. The molecule has 1 saturated heterocycles. The third-order valence-electron chi connectivity index (χ3n) is 3.84. The van der Waals surface area contributed by atoms with Crippen LogP contribution in [0.4, 0.5) is 10.1 Å². The second-order valence-electron chi connectivity index (χ2n) is 5.40. The Morgan fingerprint density at radius 3 is 2.82 bits per heavy atom. The molecule has 6 heteroatoms. The molecule has 1 aliphatic heterocycles. The highest BCUT2D eigenvalue weighted by atomic mass is 35.5. The van der Waals surface area contributed by atoms with E-state index >= 15 is 0 Å². The van der Waals surface area contributed by atoms with Gasteiger partial charge in [0.1, 0.15) is 0 Å². The third-order valence-corrected chi connectivity index (χ3v) is 4.58. The number of hydrogen-bond donors (Lipinski definition) is 1. The average molecular weight is 340 g/mol. The molecule has 116 valence electrons. The summed E-state index contributed by atoms with van der Waals surface area (Å²) in [7, 11) is 0. The van der Waals surface area contributed by atoms with Crippen LogP contribution in [-0.4, -0.2) is 24.1 Å². The van der Waals surface area contributed by atoms with Crippen LogP contribution in [0.2, 0.25) is 10.0 Å². The minimum Gasteiger partial charge on any atom is -0.369 e. The quantitative estimate of drug-likeness (QED) is 0.856. The summed E-state index contributed by atoms with van der Waals surface area (Å²) in [5.74, 6) is -0.447. The summed E-state index contributed by atoms with van der Waals surface area (Å²) in [6.45, 7) is 2.57. The zero-order valence-electron chi connectivity index (χ0n) is 11.9.